The molecule has 2 aromatic carbocycles. The number of nitrogens with zero attached hydrogens (tertiary/aromatic N) is 2. The highest BCUT2D eigenvalue weighted by atomic mass is 16.5. The molecule has 1 aliphatic heterocycles. The van der Waals surface area contributed by atoms with E-state index in [4.69, 9.17) is 4.74 Å². The Morgan fingerprint density at radius 2 is 1.71 bits per heavy atom. The highest BCUT2D eigenvalue weighted by Gasteiger charge is 2.12. The molecule has 0 aliphatic carbocycles. The van der Waals surface area contributed by atoms with Crippen molar-refractivity contribution < 1.29 is 4.74 Å². The van der Waals surface area contributed by atoms with Crippen LogP contribution in [-0.4, -0.2) is 56.2 Å². The molecule has 1 fully saturated rings. The number of rotatable bonds is 5. The summed E-state index contributed by atoms with van der Waals surface area (Å²) in [5.41, 5.74) is 0. The minimum atomic E-state index is 0.792. The normalized spacial score (nSPS) is 17.2. The largest absolute Gasteiger partial charge is 0.493 e. The van der Waals surface area contributed by atoms with E-state index in [1.54, 1.807) is 0 Å². The monoisotopic (exact) mass is 284 g/mol. The summed E-state index contributed by atoms with van der Waals surface area (Å²) in [7, 11) is 2.20. The van der Waals surface area contributed by atoms with Gasteiger partial charge in [-0.2, -0.15) is 0 Å². The Balaban J connectivity index is 1.48. The Hall–Kier alpha value is -1.58. The van der Waals surface area contributed by atoms with Crippen molar-refractivity contribution in [3.05, 3.63) is 42.5 Å². The first-order valence-corrected chi connectivity index (χ1v) is 7.84. The smallest absolute Gasteiger partial charge is 0.127 e. The van der Waals surface area contributed by atoms with Crippen molar-refractivity contribution in [1.82, 2.24) is 9.80 Å². The van der Waals surface area contributed by atoms with Crippen molar-refractivity contribution in [3.63, 3.8) is 0 Å². The number of piperazine rings is 1. The van der Waals surface area contributed by atoms with Crippen molar-refractivity contribution in [2.75, 3.05) is 46.4 Å². The number of likely N-dealkylation sites (N-methyl/N-ethyl adjacent to an activating group) is 1. The lowest BCUT2D eigenvalue weighted by atomic mass is 10.1. The molecule has 0 saturated carbocycles. The van der Waals surface area contributed by atoms with Crippen LogP contribution in [0.15, 0.2) is 42.5 Å². The van der Waals surface area contributed by atoms with Gasteiger partial charge in [-0.3, -0.25) is 0 Å². The Morgan fingerprint density at radius 3 is 2.57 bits per heavy atom. The molecule has 0 bridgehead atoms. The molecule has 0 spiro atoms. The van der Waals surface area contributed by atoms with Gasteiger partial charge in [0.2, 0.25) is 0 Å². The number of benzene rings is 2. The van der Waals surface area contributed by atoms with Crippen molar-refractivity contribution in [1.29, 1.82) is 0 Å². The zero-order valence-electron chi connectivity index (χ0n) is 12.8. The van der Waals surface area contributed by atoms with E-state index in [1.165, 1.54) is 37.0 Å². The molecule has 1 saturated heterocycles. The van der Waals surface area contributed by atoms with Crippen LogP contribution >= 0.6 is 0 Å². The quantitative estimate of drug-likeness (QED) is 0.785. The van der Waals surface area contributed by atoms with Crippen LogP contribution in [0.5, 0.6) is 5.75 Å². The van der Waals surface area contributed by atoms with Gasteiger partial charge in [0, 0.05) is 38.1 Å². The summed E-state index contributed by atoms with van der Waals surface area (Å²) in [5.74, 6) is 1.01. The first-order valence-electron chi connectivity index (χ1n) is 7.84. The second-order valence-electron chi connectivity index (χ2n) is 5.82. The van der Waals surface area contributed by atoms with E-state index >= 15 is 0 Å². The topological polar surface area (TPSA) is 15.7 Å². The van der Waals surface area contributed by atoms with Gasteiger partial charge in [-0.15, -0.1) is 0 Å². The molecule has 0 aromatic heterocycles. The van der Waals surface area contributed by atoms with Crippen LogP contribution in [0.25, 0.3) is 10.8 Å². The third-order valence-electron chi connectivity index (χ3n) is 4.22. The summed E-state index contributed by atoms with van der Waals surface area (Å²) in [6.07, 6.45) is 1.09. The molecule has 112 valence electrons. The molecule has 3 heteroatoms. The first kappa shape index (κ1) is 14.4. The van der Waals surface area contributed by atoms with Gasteiger partial charge in [0.1, 0.15) is 5.75 Å². The van der Waals surface area contributed by atoms with E-state index in [2.05, 4.69) is 59.3 Å². The van der Waals surface area contributed by atoms with E-state index in [0.29, 0.717) is 0 Å². The first-order chi connectivity index (χ1) is 10.3. The van der Waals surface area contributed by atoms with Gasteiger partial charge in [0.25, 0.3) is 0 Å². The van der Waals surface area contributed by atoms with Crippen molar-refractivity contribution >= 4 is 10.8 Å². The van der Waals surface area contributed by atoms with Crippen LogP contribution in [0.3, 0.4) is 0 Å². The lowest BCUT2D eigenvalue weighted by Gasteiger charge is -2.32. The molecule has 0 amide bonds. The predicted molar refractivity (Wildman–Crippen MR) is 88.0 cm³/mol. The molecule has 0 N–H and O–H groups in total. The van der Waals surface area contributed by atoms with Crippen LogP contribution in [0.4, 0.5) is 0 Å². The van der Waals surface area contributed by atoms with Gasteiger partial charge in [-0.05, 0) is 24.9 Å². The Labute approximate surface area is 127 Å². The number of hydrogen-bond acceptors (Lipinski definition) is 3. The van der Waals surface area contributed by atoms with Gasteiger partial charge < -0.3 is 14.5 Å². The average Bonchev–Trinajstić information content (AvgIpc) is 2.53. The molecule has 0 radical (unpaired) electrons. The van der Waals surface area contributed by atoms with E-state index in [0.717, 1.165) is 25.3 Å². The van der Waals surface area contributed by atoms with Gasteiger partial charge in [-0.25, -0.2) is 0 Å². The third-order valence-corrected chi connectivity index (χ3v) is 4.22. The molecule has 2 aromatic rings. The summed E-state index contributed by atoms with van der Waals surface area (Å²) < 4.78 is 5.99. The van der Waals surface area contributed by atoms with Crippen molar-refractivity contribution in [2.45, 2.75) is 6.42 Å². The van der Waals surface area contributed by atoms with E-state index in [1.807, 2.05) is 0 Å². The Kier molecular flexibility index (Phi) is 4.73. The second kappa shape index (κ2) is 6.92. The highest BCUT2D eigenvalue weighted by Crippen LogP contribution is 2.25. The second-order valence-corrected chi connectivity index (χ2v) is 5.82. The maximum Gasteiger partial charge on any atom is 0.127 e. The molecule has 0 unspecified atom stereocenters. The summed E-state index contributed by atoms with van der Waals surface area (Å²) >= 11 is 0. The highest BCUT2D eigenvalue weighted by molar-refractivity contribution is 5.88. The van der Waals surface area contributed by atoms with Crippen LogP contribution < -0.4 is 4.74 Å². The minimum absolute atomic E-state index is 0.792. The van der Waals surface area contributed by atoms with Gasteiger partial charge in [0.05, 0.1) is 6.61 Å². The Morgan fingerprint density at radius 1 is 0.952 bits per heavy atom. The van der Waals surface area contributed by atoms with Crippen LogP contribution in [0, 0.1) is 0 Å². The van der Waals surface area contributed by atoms with Crippen molar-refractivity contribution in [2.24, 2.45) is 0 Å². The number of ether oxygens (including phenoxy) is 1. The third kappa shape index (κ3) is 3.74. The number of hydrogen-bond donors (Lipinski definition) is 0. The van der Waals surface area contributed by atoms with E-state index in [-0.39, 0.29) is 0 Å². The van der Waals surface area contributed by atoms with Crippen LogP contribution in [0.1, 0.15) is 6.42 Å². The van der Waals surface area contributed by atoms with Gasteiger partial charge in [-0.1, -0.05) is 36.4 Å². The molecule has 0 atom stereocenters. The SMILES string of the molecule is CN1CCN(CCCOc2cccc3ccccc23)CC1. The summed E-state index contributed by atoms with van der Waals surface area (Å²) in [6.45, 7) is 6.67. The lowest BCUT2D eigenvalue weighted by molar-refractivity contribution is 0.145. The molecule has 21 heavy (non-hydrogen) atoms. The van der Waals surface area contributed by atoms with Crippen LogP contribution in [-0.2, 0) is 0 Å². The van der Waals surface area contributed by atoms with Gasteiger partial charge >= 0.3 is 0 Å². The van der Waals surface area contributed by atoms with E-state index in [9.17, 15) is 0 Å². The minimum Gasteiger partial charge on any atom is -0.493 e. The van der Waals surface area contributed by atoms with Crippen LogP contribution in [0.2, 0.25) is 0 Å². The summed E-state index contributed by atoms with van der Waals surface area (Å²) in [4.78, 5) is 4.93. The average molecular weight is 284 g/mol. The zero-order chi connectivity index (χ0) is 14.5. The fraction of sp³-hybridized carbons (Fsp3) is 0.444. The summed E-state index contributed by atoms with van der Waals surface area (Å²) in [5, 5.41) is 2.45. The molecule has 3 nitrogen and oxygen atoms in total. The zero-order valence-corrected chi connectivity index (χ0v) is 12.8. The summed E-state index contributed by atoms with van der Waals surface area (Å²) in [6, 6.07) is 14.7. The Bertz CT molecular complexity index is 571. The van der Waals surface area contributed by atoms with Gasteiger partial charge in [0.15, 0.2) is 0 Å². The molecular formula is C18H24N2O. The van der Waals surface area contributed by atoms with E-state index < -0.39 is 0 Å². The number of fused-ring (bicyclic) bond motifs is 1. The molecule has 1 aliphatic rings. The maximum absolute atomic E-state index is 5.99. The fourth-order valence-corrected chi connectivity index (χ4v) is 2.86. The fourth-order valence-electron chi connectivity index (χ4n) is 2.86. The molecular weight excluding hydrogens is 260 g/mol. The predicted octanol–water partition coefficient (Wildman–Crippen LogP) is 2.86. The lowest BCUT2D eigenvalue weighted by Crippen LogP contribution is -2.44. The van der Waals surface area contributed by atoms with Crippen molar-refractivity contribution in [3.8, 4) is 5.75 Å². The maximum atomic E-state index is 5.99. The standard InChI is InChI=1S/C18H24N2O/c1-19-11-13-20(14-12-19)10-5-15-21-18-9-4-7-16-6-2-3-8-17(16)18/h2-4,6-9H,5,10-15H2,1H3. The molecule has 1 heterocycles. The molecule has 3 rings (SSSR count).